The van der Waals surface area contributed by atoms with E-state index in [-0.39, 0.29) is 58.2 Å². The van der Waals surface area contributed by atoms with Crippen LogP contribution in [0, 0.1) is 5.92 Å². The minimum absolute atomic E-state index is 0.00430. The number of aliphatic imine (C=N–C) groups is 1. The lowest BCUT2D eigenvalue weighted by atomic mass is 9.99. The van der Waals surface area contributed by atoms with Gasteiger partial charge in [0.15, 0.2) is 47.8 Å². The van der Waals surface area contributed by atoms with Crippen molar-refractivity contribution in [2.75, 3.05) is 58.0 Å². The molecule has 4 aliphatic rings. The molecule has 3 saturated heterocycles. The Morgan fingerprint density at radius 1 is 0.789 bits per heavy atom. The number of phosphoric acid groups is 1. The van der Waals surface area contributed by atoms with Crippen LogP contribution in [0.4, 0.5) is 17.6 Å². The number of rotatable bonds is 20. The standard InChI is InChI=1S/C35H51N15O22P4/c1-47-11-50(28-19(47)30(55)46-35(38)44-28)31-20(51)13(4-64-2)14(69-31)5-68-76(62,63)72-74(58,59)12-73(56,57)66-7-16-24(23(65-3)33(71-16)48-9-41-17-25(36)39-8-40-26(17)48)75(60,61)67-6-15-21(52)22(53)32(70-15)49-10-42-18-27(49)43-34(37)45-29(18)54/h8-11,13-16,20-24,29,31-33,51-54H,4-7,12H2,1-3H3,(H11-,36,37,38,39,40,43,44,45,46,55,56,57,58,59,60,61,62,63)/t13-,14-,15-,16-,20-,21-,22-,23-,24-,29?,31-,32-,33-/m1/s1. The molecule has 0 spiro atoms. The predicted octanol–water partition coefficient (Wildman–Crippen LogP) is -4.54. The van der Waals surface area contributed by atoms with Crippen molar-refractivity contribution in [2.24, 2.45) is 23.7 Å². The fraction of sp³-hybridized carbons (Fsp3) is 0.600. The summed E-state index contributed by atoms with van der Waals surface area (Å²) in [7, 11) is -18.5. The van der Waals surface area contributed by atoms with E-state index in [1.165, 1.54) is 34.2 Å². The van der Waals surface area contributed by atoms with Gasteiger partial charge < -0.3 is 99.8 Å². The topological polar surface area (TPSA) is 534 Å². The van der Waals surface area contributed by atoms with Gasteiger partial charge in [0.1, 0.15) is 55.7 Å². The molecule has 5 unspecified atom stereocenters. The molecule has 0 saturated carbocycles. The van der Waals surface area contributed by atoms with E-state index in [0.717, 1.165) is 30.7 Å². The van der Waals surface area contributed by atoms with Crippen LogP contribution in [-0.2, 0) is 66.9 Å². The number of nitrogens with one attached hydrogen (secondary N) is 2. The Kier molecular flexibility index (Phi) is 15.5. The molecule has 17 atom stereocenters. The summed E-state index contributed by atoms with van der Waals surface area (Å²) in [5.41, 5.74) is 14.9. The molecule has 0 amide bonds. The van der Waals surface area contributed by atoms with E-state index in [9.17, 15) is 63.1 Å². The van der Waals surface area contributed by atoms with Crippen LogP contribution in [0.2, 0.25) is 0 Å². The van der Waals surface area contributed by atoms with E-state index in [1.54, 1.807) is 0 Å². The van der Waals surface area contributed by atoms with Gasteiger partial charge in [-0.25, -0.2) is 33.4 Å². The number of fused-ring (bicyclic) bond motifs is 3. The second-order valence-electron chi connectivity index (χ2n) is 17.6. The van der Waals surface area contributed by atoms with Crippen LogP contribution in [-0.4, -0.2) is 180 Å². The molecule has 5 aromatic heterocycles. The molecule has 3 fully saturated rings. The normalized spacial score (nSPS) is 31.9. The molecular formula is C35H51N15O22P4. The number of imidazole rings is 3. The summed E-state index contributed by atoms with van der Waals surface area (Å²) < 4.78 is 108. The number of anilines is 2. The Balaban J connectivity index is 0.884. The summed E-state index contributed by atoms with van der Waals surface area (Å²) in [6, 6.07) is 0. The second-order valence-corrected chi connectivity index (χ2v) is 25.3. The third-order valence-corrected chi connectivity index (χ3v) is 20.2. The van der Waals surface area contributed by atoms with E-state index < -0.39 is 141 Å². The van der Waals surface area contributed by atoms with Crippen molar-refractivity contribution < 1.29 is 104 Å². The number of hydrogen-bond acceptors (Lipinski definition) is 29. The van der Waals surface area contributed by atoms with Crippen LogP contribution < -0.4 is 37.5 Å². The third kappa shape index (κ3) is 10.9. The number of phosphoric ester groups is 1. The number of methoxy groups -OCH3 is 2. The zero-order valence-corrected chi connectivity index (χ0v) is 43.2. The van der Waals surface area contributed by atoms with Crippen molar-refractivity contribution in [3.05, 3.63) is 41.4 Å². The molecule has 15 N–H and O–H groups in total. The van der Waals surface area contributed by atoms with Crippen LogP contribution >= 0.6 is 30.6 Å². The SMILES string of the molecule is COC[C@H]1[C@@H](O)[C@H](n2c[n+](C)c3c(=O)[nH]c(N)nc32)O[C@@H]1COP(=O)(O)OP(=O)(O)CP(=O)(O)OC[C@H]1O[C@@H](n2cnc3c(N)ncnc32)[C@H](OC)[C@@H]1P(=O)([O-])OC[C@H]1O[C@@H](n2cnc3c2N=C(N)NC3O)[C@H](O)[C@@H]1O. The molecule has 0 bridgehead atoms. The van der Waals surface area contributed by atoms with E-state index in [4.69, 9.17) is 54.5 Å². The maximum absolute atomic E-state index is 14.4. The lowest BCUT2D eigenvalue weighted by Gasteiger charge is -2.35. The number of nitrogens with zero attached hydrogens (tertiary/aromatic N) is 10. The first-order valence-corrected chi connectivity index (χ1v) is 28.9. The minimum atomic E-state index is -5.70. The van der Waals surface area contributed by atoms with Crippen LogP contribution in [0.25, 0.3) is 22.3 Å². The van der Waals surface area contributed by atoms with Gasteiger partial charge in [0.2, 0.25) is 18.5 Å². The summed E-state index contributed by atoms with van der Waals surface area (Å²) in [5.74, 6) is -3.50. The highest BCUT2D eigenvalue weighted by atomic mass is 31.3. The molecule has 37 nitrogen and oxygen atoms in total. The molecule has 9 rings (SSSR count). The second kappa shape index (κ2) is 21.1. The smallest absolute Gasteiger partial charge is 0.479 e. The Morgan fingerprint density at radius 2 is 1.46 bits per heavy atom. The lowest BCUT2D eigenvalue weighted by Crippen LogP contribution is -2.40. The van der Waals surface area contributed by atoms with E-state index in [1.807, 2.05) is 0 Å². The Hall–Kier alpha value is -4.78. The van der Waals surface area contributed by atoms with Gasteiger partial charge in [-0.2, -0.15) is 14.5 Å². The minimum Gasteiger partial charge on any atom is -0.778 e. The van der Waals surface area contributed by atoms with Crippen molar-refractivity contribution in [2.45, 2.75) is 73.3 Å². The number of ether oxygens (including phenoxy) is 5. The maximum atomic E-state index is 14.4. The summed E-state index contributed by atoms with van der Waals surface area (Å²) >= 11 is 0. The Bertz CT molecular complexity index is 3290. The van der Waals surface area contributed by atoms with Gasteiger partial charge >= 0.3 is 28.6 Å². The zero-order valence-electron chi connectivity index (χ0n) is 39.6. The average Bonchev–Trinajstić information content (AvgIpc) is 4.21. The van der Waals surface area contributed by atoms with Gasteiger partial charge in [0.25, 0.3) is 11.2 Å². The number of aliphatic hydroxyl groups excluding tert-OH is 4. The summed E-state index contributed by atoms with van der Waals surface area (Å²) in [6.07, 6.45) is -12.4. The van der Waals surface area contributed by atoms with Crippen LogP contribution in [0.1, 0.15) is 30.6 Å². The van der Waals surface area contributed by atoms with Gasteiger partial charge in [-0.05, 0) is 0 Å². The van der Waals surface area contributed by atoms with Crippen molar-refractivity contribution in [3.63, 3.8) is 0 Å². The quantitative estimate of drug-likeness (QED) is 0.0258. The Labute approximate surface area is 425 Å². The van der Waals surface area contributed by atoms with Crippen LogP contribution in [0.3, 0.4) is 0 Å². The molecule has 4 aliphatic heterocycles. The number of aromatic amines is 1. The van der Waals surface area contributed by atoms with E-state index in [0.29, 0.717) is 0 Å². The summed E-state index contributed by atoms with van der Waals surface area (Å²) in [6.45, 7) is -3.32. The number of aromatic nitrogens is 10. The molecule has 5 aromatic rings. The maximum Gasteiger partial charge on any atom is 0.479 e. The summed E-state index contributed by atoms with van der Waals surface area (Å²) in [4.78, 5) is 85.9. The number of aryl methyl sites for hydroxylation is 1. The van der Waals surface area contributed by atoms with Gasteiger partial charge in [-0.1, -0.05) is 0 Å². The third-order valence-electron chi connectivity index (χ3n) is 12.6. The largest absolute Gasteiger partial charge is 0.778 e. The number of nitrogens with two attached hydrogens (primary N) is 3. The Morgan fingerprint density at radius 3 is 2.18 bits per heavy atom. The molecular weight excluding hydrogens is 1110 g/mol. The molecule has 0 aliphatic carbocycles. The van der Waals surface area contributed by atoms with Crippen molar-refractivity contribution in [3.8, 4) is 0 Å². The van der Waals surface area contributed by atoms with Gasteiger partial charge in [0, 0.05) is 20.1 Å². The highest BCUT2D eigenvalue weighted by molar-refractivity contribution is 7.74. The number of hydrogen-bond donors (Lipinski definition) is 12. The lowest BCUT2D eigenvalue weighted by molar-refractivity contribution is -0.646. The van der Waals surface area contributed by atoms with Gasteiger partial charge in [0.05, 0.1) is 64.0 Å². The first-order valence-electron chi connectivity index (χ1n) is 22.2. The van der Waals surface area contributed by atoms with Gasteiger partial charge in [-0.3, -0.25) is 32.6 Å². The fourth-order valence-electron chi connectivity index (χ4n) is 9.23. The van der Waals surface area contributed by atoms with Crippen LogP contribution in [0.15, 0.2) is 35.1 Å². The van der Waals surface area contributed by atoms with Gasteiger partial charge in [-0.15, -0.1) is 0 Å². The predicted molar refractivity (Wildman–Crippen MR) is 248 cm³/mol. The number of aliphatic hydroxyl groups is 4. The molecule has 0 radical (unpaired) electrons. The van der Waals surface area contributed by atoms with Crippen molar-refractivity contribution in [1.29, 1.82) is 0 Å². The molecule has 9 heterocycles. The highest BCUT2D eigenvalue weighted by Crippen LogP contribution is 2.67. The fourth-order valence-corrected chi connectivity index (χ4v) is 15.9. The molecule has 418 valence electrons. The van der Waals surface area contributed by atoms with Crippen molar-refractivity contribution >= 4 is 76.5 Å². The van der Waals surface area contributed by atoms with E-state index in [2.05, 4.69) is 44.5 Å². The number of nitrogen functional groups attached to an aromatic ring is 2. The van der Waals surface area contributed by atoms with Crippen LogP contribution in [0.5, 0.6) is 0 Å². The van der Waals surface area contributed by atoms with Crippen molar-refractivity contribution in [1.82, 2.24) is 48.9 Å². The zero-order chi connectivity index (χ0) is 55.0. The molecule has 41 heteroatoms. The van der Waals surface area contributed by atoms with E-state index >= 15 is 0 Å². The first-order chi connectivity index (χ1) is 35.7. The monoisotopic (exact) mass is 1160 g/mol. The average molecular weight is 1160 g/mol. The molecule has 0 aromatic carbocycles. The number of guanidine groups is 1. The summed E-state index contributed by atoms with van der Waals surface area (Å²) in [5, 5.41) is 46.0. The highest BCUT2D eigenvalue weighted by Gasteiger charge is 2.55. The first kappa shape index (κ1) is 56.0. The molecule has 76 heavy (non-hydrogen) atoms. The number of H-pyrrole nitrogens is 1.